The number of aromatic nitrogens is 4. The van der Waals surface area contributed by atoms with Crippen LogP contribution in [0.2, 0.25) is 0 Å². The molecule has 176 valence electrons. The third-order valence-corrected chi connectivity index (χ3v) is 6.25. The van der Waals surface area contributed by atoms with E-state index in [0.717, 1.165) is 56.8 Å². The van der Waals surface area contributed by atoms with Gasteiger partial charge in [0.1, 0.15) is 12.7 Å². The molecule has 0 radical (unpaired) electrons. The van der Waals surface area contributed by atoms with Crippen molar-refractivity contribution in [1.82, 2.24) is 35.0 Å². The Labute approximate surface area is 198 Å². The lowest BCUT2D eigenvalue weighted by Gasteiger charge is -2.34. The first-order valence-corrected chi connectivity index (χ1v) is 11.6. The number of nitrogens with zero attached hydrogens (tertiary/aromatic N) is 5. The smallest absolute Gasteiger partial charge is 0.266 e. The van der Waals surface area contributed by atoms with E-state index in [1.807, 2.05) is 34.9 Å². The molecular formula is C25H29N7O2. The SMILES string of the molecule is O=C(CN1CCN(CCCc2c[nH]c3ccc(-n4cnnc4)cc23)CC1)NOc1ccccc1. The van der Waals surface area contributed by atoms with Gasteiger partial charge in [0, 0.05) is 49.0 Å². The van der Waals surface area contributed by atoms with Gasteiger partial charge in [-0.1, -0.05) is 18.2 Å². The summed E-state index contributed by atoms with van der Waals surface area (Å²) in [7, 11) is 0. The standard InChI is InChI=1S/C25H29N7O2/c33-25(29-34-22-6-2-1-3-7-22)17-31-13-11-30(12-14-31)10-4-5-20-16-26-24-9-8-21(15-23(20)24)32-18-27-28-19-32/h1-3,6-9,15-16,18-19,26H,4-5,10-14,17H2,(H,29,33). The van der Waals surface area contributed by atoms with Gasteiger partial charge in [-0.2, -0.15) is 5.48 Å². The van der Waals surface area contributed by atoms with E-state index in [0.29, 0.717) is 12.3 Å². The zero-order chi connectivity index (χ0) is 23.2. The number of fused-ring (bicyclic) bond motifs is 1. The first kappa shape index (κ1) is 22.1. The van der Waals surface area contributed by atoms with Crippen LogP contribution in [0.25, 0.3) is 16.6 Å². The predicted octanol–water partition coefficient (Wildman–Crippen LogP) is 2.41. The fraction of sp³-hybridized carbons (Fsp3) is 0.320. The zero-order valence-electron chi connectivity index (χ0n) is 19.1. The molecule has 1 amide bonds. The van der Waals surface area contributed by atoms with Crippen molar-refractivity contribution in [2.45, 2.75) is 12.8 Å². The number of benzene rings is 2. The molecule has 0 aliphatic carbocycles. The summed E-state index contributed by atoms with van der Waals surface area (Å²) in [5.74, 6) is 0.508. The van der Waals surface area contributed by atoms with Crippen molar-refractivity contribution >= 4 is 16.8 Å². The van der Waals surface area contributed by atoms with E-state index in [4.69, 9.17) is 4.84 Å². The van der Waals surface area contributed by atoms with Gasteiger partial charge in [0.25, 0.3) is 5.91 Å². The van der Waals surface area contributed by atoms with E-state index in [9.17, 15) is 4.79 Å². The van der Waals surface area contributed by atoms with E-state index < -0.39 is 0 Å². The molecule has 2 aromatic carbocycles. The van der Waals surface area contributed by atoms with E-state index >= 15 is 0 Å². The number of carbonyl (C=O) groups is 1. The predicted molar refractivity (Wildman–Crippen MR) is 130 cm³/mol. The molecule has 34 heavy (non-hydrogen) atoms. The molecular weight excluding hydrogens is 430 g/mol. The number of rotatable bonds is 9. The number of amides is 1. The minimum absolute atomic E-state index is 0.123. The van der Waals surface area contributed by atoms with Gasteiger partial charge in [-0.25, -0.2) is 0 Å². The quantitative estimate of drug-likeness (QED) is 0.374. The summed E-state index contributed by atoms with van der Waals surface area (Å²) >= 11 is 0. The van der Waals surface area contributed by atoms with Gasteiger partial charge in [-0.15, -0.1) is 10.2 Å². The molecule has 0 bridgehead atoms. The molecule has 1 aliphatic rings. The summed E-state index contributed by atoms with van der Waals surface area (Å²) in [5, 5.41) is 9.05. The second kappa shape index (κ2) is 10.5. The summed E-state index contributed by atoms with van der Waals surface area (Å²) in [6, 6.07) is 15.6. The van der Waals surface area contributed by atoms with Gasteiger partial charge < -0.3 is 14.7 Å². The maximum absolute atomic E-state index is 12.2. The van der Waals surface area contributed by atoms with Crippen LogP contribution >= 0.6 is 0 Å². The van der Waals surface area contributed by atoms with Crippen molar-refractivity contribution in [3.8, 4) is 11.4 Å². The molecule has 1 aliphatic heterocycles. The van der Waals surface area contributed by atoms with Crippen LogP contribution in [0.4, 0.5) is 0 Å². The van der Waals surface area contributed by atoms with Crippen LogP contribution < -0.4 is 10.3 Å². The average molecular weight is 460 g/mol. The number of carbonyl (C=O) groups excluding carboxylic acids is 1. The van der Waals surface area contributed by atoms with Crippen molar-refractivity contribution in [1.29, 1.82) is 0 Å². The number of para-hydroxylation sites is 1. The summed E-state index contributed by atoms with van der Waals surface area (Å²) in [6.07, 6.45) is 7.66. The number of hydrogen-bond donors (Lipinski definition) is 2. The third kappa shape index (κ3) is 5.44. The lowest BCUT2D eigenvalue weighted by molar-refractivity contribution is -0.129. The molecule has 5 rings (SSSR count). The van der Waals surface area contributed by atoms with Gasteiger partial charge in [-0.3, -0.25) is 14.3 Å². The molecule has 9 heteroatoms. The van der Waals surface area contributed by atoms with Gasteiger partial charge >= 0.3 is 0 Å². The maximum Gasteiger partial charge on any atom is 0.266 e. The summed E-state index contributed by atoms with van der Waals surface area (Å²) in [4.78, 5) is 25.5. The highest BCUT2D eigenvalue weighted by Gasteiger charge is 2.19. The Bertz CT molecular complexity index is 1200. The van der Waals surface area contributed by atoms with E-state index in [-0.39, 0.29) is 5.91 Å². The lowest BCUT2D eigenvalue weighted by Crippen LogP contribution is -2.49. The number of hydroxylamine groups is 1. The zero-order valence-corrected chi connectivity index (χ0v) is 19.1. The number of H-pyrrole nitrogens is 1. The molecule has 4 aromatic rings. The average Bonchev–Trinajstić information content (AvgIpc) is 3.55. The Hall–Kier alpha value is -3.69. The second-order valence-electron chi connectivity index (χ2n) is 8.57. The summed E-state index contributed by atoms with van der Waals surface area (Å²) < 4.78 is 1.92. The molecule has 3 heterocycles. The van der Waals surface area contributed by atoms with Crippen molar-refractivity contribution in [2.75, 3.05) is 39.3 Å². The Kier molecular flexibility index (Phi) is 6.83. The monoisotopic (exact) mass is 459 g/mol. The number of nitrogens with one attached hydrogen (secondary N) is 2. The normalized spacial score (nSPS) is 14.9. The molecule has 0 unspecified atom stereocenters. The number of aromatic amines is 1. The topological polar surface area (TPSA) is 91.3 Å². The van der Waals surface area contributed by atoms with Crippen molar-refractivity contribution in [3.05, 3.63) is 72.9 Å². The van der Waals surface area contributed by atoms with Crippen LogP contribution in [0.1, 0.15) is 12.0 Å². The van der Waals surface area contributed by atoms with Crippen LogP contribution in [0, 0.1) is 0 Å². The first-order chi connectivity index (χ1) is 16.7. The van der Waals surface area contributed by atoms with Gasteiger partial charge in [-0.05, 0) is 55.3 Å². The highest BCUT2D eigenvalue weighted by atomic mass is 16.7. The minimum Gasteiger partial charge on any atom is -0.380 e. The molecule has 0 atom stereocenters. The Morgan fingerprint density at radius 1 is 1.00 bits per heavy atom. The second-order valence-corrected chi connectivity index (χ2v) is 8.57. The van der Waals surface area contributed by atoms with Gasteiger partial charge in [0.2, 0.25) is 0 Å². The van der Waals surface area contributed by atoms with Crippen molar-refractivity contribution in [2.24, 2.45) is 0 Å². The Balaban J connectivity index is 1.05. The fourth-order valence-corrected chi connectivity index (χ4v) is 4.37. The molecule has 1 saturated heterocycles. The van der Waals surface area contributed by atoms with E-state index in [1.165, 1.54) is 10.9 Å². The number of piperazine rings is 1. The molecule has 2 N–H and O–H groups in total. The van der Waals surface area contributed by atoms with E-state index in [1.54, 1.807) is 12.7 Å². The van der Waals surface area contributed by atoms with Crippen LogP contribution in [0.3, 0.4) is 0 Å². The van der Waals surface area contributed by atoms with Crippen molar-refractivity contribution in [3.63, 3.8) is 0 Å². The largest absolute Gasteiger partial charge is 0.380 e. The Morgan fingerprint density at radius 2 is 1.76 bits per heavy atom. The minimum atomic E-state index is -0.123. The van der Waals surface area contributed by atoms with Crippen LogP contribution in [0.5, 0.6) is 5.75 Å². The highest BCUT2D eigenvalue weighted by Crippen LogP contribution is 2.23. The summed E-state index contributed by atoms with van der Waals surface area (Å²) in [5.41, 5.74) is 6.07. The molecule has 2 aromatic heterocycles. The van der Waals surface area contributed by atoms with Crippen LogP contribution in [0.15, 0.2) is 67.4 Å². The Morgan fingerprint density at radius 3 is 2.56 bits per heavy atom. The summed E-state index contributed by atoms with van der Waals surface area (Å²) in [6.45, 7) is 5.11. The number of hydrogen-bond acceptors (Lipinski definition) is 6. The molecule has 9 nitrogen and oxygen atoms in total. The highest BCUT2D eigenvalue weighted by molar-refractivity contribution is 5.85. The van der Waals surface area contributed by atoms with Crippen LogP contribution in [-0.2, 0) is 11.2 Å². The molecule has 1 fully saturated rings. The maximum atomic E-state index is 12.2. The van der Waals surface area contributed by atoms with Crippen molar-refractivity contribution < 1.29 is 9.63 Å². The molecule has 0 spiro atoms. The van der Waals surface area contributed by atoms with Gasteiger partial charge in [0.15, 0.2) is 5.75 Å². The third-order valence-electron chi connectivity index (χ3n) is 6.25. The van der Waals surface area contributed by atoms with Crippen LogP contribution in [-0.4, -0.2) is 74.7 Å². The number of aryl methyl sites for hydroxylation is 1. The van der Waals surface area contributed by atoms with Gasteiger partial charge in [0.05, 0.1) is 6.54 Å². The fourth-order valence-electron chi connectivity index (χ4n) is 4.37. The lowest BCUT2D eigenvalue weighted by atomic mass is 10.1. The first-order valence-electron chi connectivity index (χ1n) is 11.6. The van der Waals surface area contributed by atoms with E-state index in [2.05, 4.69) is 54.9 Å². The molecule has 0 saturated carbocycles.